The van der Waals surface area contributed by atoms with Crippen LogP contribution in [0.15, 0.2) is 36.4 Å². The number of hydrogen-bond donors (Lipinski definition) is 0. The zero-order valence-electron chi connectivity index (χ0n) is 15.8. The summed E-state index contributed by atoms with van der Waals surface area (Å²) in [6.45, 7) is 15.4. The van der Waals surface area contributed by atoms with E-state index in [1.165, 1.54) is 33.4 Å². The van der Waals surface area contributed by atoms with E-state index in [1.807, 2.05) is 0 Å². The van der Waals surface area contributed by atoms with E-state index in [9.17, 15) is 0 Å². The van der Waals surface area contributed by atoms with Crippen molar-refractivity contribution >= 4 is 0 Å². The van der Waals surface area contributed by atoms with Crippen LogP contribution in [0.3, 0.4) is 0 Å². The van der Waals surface area contributed by atoms with Gasteiger partial charge < -0.3 is 0 Å². The fraction of sp³-hybridized carbons (Fsp3) is 0.455. The Bertz CT molecular complexity index is 636. The Balaban J connectivity index is 2.07. The van der Waals surface area contributed by atoms with E-state index >= 15 is 0 Å². The van der Waals surface area contributed by atoms with Crippen molar-refractivity contribution in [1.82, 2.24) is 4.90 Å². The van der Waals surface area contributed by atoms with Crippen molar-refractivity contribution in [2.45, 2.75) is 60.0 Å². The highest BCUT2D eigenvalue weighted by Gasteiger charge is 2.13. The third-order valence-electron chi connectivity index (χ3n) is 4.54. The molecule has 2 aromatic carbocycles. The van der Waals surface area contributed by atoms with Gasteiger partial charge in [0.25, 0.3) is 0 Å². The van der Waals surface area contributed by atoms with Gasteiger partial charge in [-0.25, -0.2) is 0 Å². The third-order valence-corrected chi connectivity index (χ3v) is 4.54. The van der Waals surface area contributed by atoms with Crippen LogP contribution in [-0.4, -0.2) is 11.9 Å². The first-order chi connectivity index (χ1) is 10.7. The Morgan fingerprint density at radius 2 is 1.35 bits per heavy atom. The van der Waals surface area contributed by atoms with Crippen molar-refractivity contribution in [2.24, 2.45) is 0 Å². The molecule has 0 aliphatic heterocycles. The quantitative estimate of drug-likeness (QED) is 0.716. The maximum atomic E-state index is 2.40. The molecule has 2 rings (SSSR count). The number of nitrogens with zero attached hydrogens (tertiary/aromatic N) is 1. The second-order valence-corrected chi connectivity index (χ2v) is 8.00. The topological polar surface area (TPSA) is 3.24 Å². The Labute approximate surface area is 142 Å². The average molecular weight is 309 g/mol. The van der Waals surface area contributed by atoms with Crippen molar-refractivity contribution < 1.29 is 0 Å². The lowest BCUT2D eigenvalue weighted by atomic mass is 9.87. The van der Waals surface area contributed by atoms with Crippen LogP contribution < -0.4 is 0 Å². The fourth-order valence-corrected chi connectivity index (χ4v) is 3.21. The van der Waals surface area contributed by atoms with Gasteiger partial charge in [-0.2, -0.15) is 0 Å². The van der Waals surface area contributed by atoms with Crippen molar-refractivity contribution in [1.29, 1.82) is 0 Å². The molecule has 0 aliphatic carbocycles. The first-order valence-electron chi connectivity index (χ1n) is 8.51. The van der Waals surface area contributed by atoms with Gasteiger partial charge in [-0.1, -0.05) is 62.7 Å². The van der Waals surface area contributed by atoms with E-state index in [-0.39, 0.29) is 5.41 Å². The molecule has 0 aliphatic rings. The van der Waals surface area contributed by atoms with E-state index in [0.29, 0.717) is 0 Å². The van der Waals surface area contributed by atoms with E-state index in [4.69, 9.17) is 0 Å². The van der Waals surface area contributed by atoms with E-state index in [2.05, 4.69) is 89.9 Å². The van der Waals surface area contributed by atoms with Crippen molar-refractivity contribution in [3.8, 4) is 0 Å². The second-order valence-electron chi connectivity index (χ2n) is 8.00. The van der Waals surface area contributed by atoms with E-state index in [1.54, 1.807) is 0 Å². The van der Waals surface area contributed by atoms with Crippen LogP contribution in [0, 0.1) is 20.8 Å². The van der Waals surface area contributed by atoms with Crippen molar-refractivity contribution in [3.05, 3.63) is 69.8 Å². The Hall–Kier alpha value is -1.60. The summed E-state index contributed by atoms with van der Waals surface area (Å²) in [4.78, 5) is 2.40. The number of hydrogen-bond acceptors (Lipinski definition) is 1. The summed E-state index contributed by atoms with van der Waals surface area (Å²) in [7, 11) is 2.20. The van der Waals surface area contributed by atoms with Gasteiger partial charge in [-0.05, 0) is 61.1 Å². The molecular formula is C22H31N. The van der Waals surface area contributed by atoms with Crippen LogP contribution in [0.25, 0.3) is 0 Å². The molecule has 0 unspecified atom stereocenters. The minimum absolute atomic E-state index is 0.223. The maximum Gasteiger partial charge on any atom is 0.0239 e. The molecule has 0 fully saturated rings. The maximum absolute atomic E-state index is 2.40. The summed E-state index contributed by atoms with van der Waals surface area (Å²) in [5.41, 5.74) is 8.61. The predicted octanol–water partition coefficient (Wildman–Crippen LogP) is 5.54. The lowest BCUT2D eigenvalue weighted by Crippen LogP contribution is -2.19. The van der Waals surface area contributed by atoms with E-state index in [0.717, 1.165) is 13.1 Å². The predicted molar refractivity (Wildman–Crippen MR) is 101 cm³/mol. The molecule has 0 saturated heterocycles. The normalized spacial score (nSPS) is 12.0. The zero-order chi connectivity index (χ0) is 17.2. The highest BCUT2D eigenvalue weighted by atomic mass is 15.1. The first-order valence-corrected chi connectivity index (χ1v) is 8.51. The van der Waals surface area contributed by atoms with Gasteiger partial charge in [0, 0.05) is 13.1 Å². The van der Waals surface area contributed by atoms with Crippen LogP contribution in [0.1, 0.15) is 54.2 Å². The summed E-state index contributed by atoms with van der Waals surface area (Å²) in [6.07, 6.45) is 0. The molecule has 0 bridgehead atoms. The Morgan fingerprint density at radius 1 is 0.826 bits per heavy atom. The lowest BCUT2D eigenvalue weighted by Gasteiger charge is -2.22. The lowest BCUT2D eigenvalue weighted by molar-refractivity contribution is 0.317. The summed E-state index contributed by atoms with van der Waals surface area (Å²) in [6, 6.07) is 13.7. The Morgan fingerprint density at radius 3 is 1.83 bits per heavy atom. The smallest absolute Gasteiger partial charge is 0.0239 e. The van der Waals surface area contributed by atoms with Crippen LogP contribution >= 0.6 is 0 Å². The van der Waals surface area contributed by atoms with Crippen LogP contribution in [0.4, 0.5) is 0 Å². The summed E-state index contributed by atoms with van der Waals surface area (Å²) < 4.78 is 0. The van der Waals surface area contributed by atoms with Crippen molar-refractivity contribution in [2.75, 3.05) is 7.05 Å². The van der Waals surface area contributed by atoms with Gasteiger partial charge >= 0.3 is 0 Å². The van der Waals surface area contributed by atoms with Crippen molar-refractivity contribution in [3.63, 3.8) is 0 Å². The molecule has 0 heterocycles. The van der Waals surface area contributed by atoms with Gasteiger partial charge in [0.05, 0.1) is 0 Å². The van der Waals surface area contributed by atoms with Crippen LogP contribution in [-0.2, 0) is 18.5 Å². The molecule has 1 nitrogen and oxygen atoms in total. The molecule has 0 N–H and O–H groups in total. The average Bonchev–Trinajstić information content (AvgIpc) is 2.42. The highest BCUT2D eigenvalue weighted by molar-refractivity contribution is 5.37. The molecule has 0 radical (unpaired) electrons. The van der Waals surface area contributed by atoms with E-state index < -0.39 is 0 Å². The van der Waals surface area contributed by atoms with Crippen LogP contribution in [0.2, 0.25) is 0 Å². The summed E-state index contributed by atoms with van der Waals surface area (Å²) in [5.74, 6) is 0. The summed E-state index contributed by atoms with van der Waals surface area (Å²) in [5, 5.41) is 0. The van der Waals surface area contributed by atoms with Gasteiger partial charge in [0.1, 0.15) is 0 Å². The van der Waals surface area contributed by atoms with Gasteiger partial charge in [-0.15, -0.1) is 0 Å². The van der Waals surface area contributed by atoms with Gasteiger partial charge in [-0.3, -0.25) is 4.90 Å². The number of aryl methyl sites for hydroxylation is 3. The van der Waals surface area contributed by atoms with Gasteiger partial charge in [0.2, 0.25) is 0 Å². The fourth-order valence-electron chi connectivity index (χ4n) is 3.21. The minimum Gasteiger partial charge on any atom is -0.298 e. The Kier molecular flexibility index (Phi) is 5.31. The standard InChI is InChI=1S/C22H31N/c1-16-12-17(2)21(18(3)13-16)15-23(7)14-19-8-10-20(11-9-19)22(4,5)6/h8-13H,14-15H2,1-7H3. The molecule has 0 atom stereocenters. The molecule has 2 aromatic rings. The highest BCUT2D eigenvalue weighted by Crippen LogP contribution is 2.23. The number of benzene rings is 2. The molecule has 0 amide bonds. The first kappa shape index (κ1) is 17.7. The molecule has 0 spiro atoms. The van der Waals surface area contributed by atoms with Gasteiger partial charge in [0.15, 0.2) is 0 Å². The molecule has 124 valence electrons. The number of rotatable bonds is 4. The SMILES string of the molecule is Cc1cc(C)c(CN(C)Cc2ccc(C(C)(C)C)cc2)c(C)c1. The zero-order valence-corrected chi connectivity index (χ0v) is 15.8. The second kappa shape index (κ2) is 6.88. The molecular weight excluding hydrogens is 278 g/mol. The molecule has 0 aromatic heterocycles. The largest absolute Gasteiger partial charge is 0.298 e. The monoisotopic (exact) mass is 309 g/mol. The summed E-state index contributed by atoms with van der Waals surface area (Å²) >= 11 is 0. The molecule has 0 saturated carbocycles. The third kappa shape index (κ3) is 4.68. The molecule has 23 heavy (non-hydrogen) atoms. The minimum atomic E-state index is 0.223. The van der Waals surface area contributed by atoms with Crippen LogP contribution in [0.5, 0.6) is 0 Å². The molecule has 1 heteroatoms.